The topological polar surface area (TPSA) is 130 Å². The van der Waals surface area contributed by atoms with E-state index in [1.807, 2.05) is 0 Å². The molecule has 9 nitrogen and oxygen atoms in total. The summed E-state index contributed by atoms with van der Waals surface area (Å²) in [7, 11) is 0. The Morgan fingerprint density at radius 3 is 1.06 bits per heavy atom. The molecule has 0 rings (SSSR count). The lowest BCUT2D eigenvalue weighted by molar-refractivity contribution is -0.157. The number of rotatable bonds is 6. The van der Waals surface area contributed by atoms with Crippen LogP contribution in [-0.4, -0.2) is 46.2 Å². The second-order valence-corrected chi connectivity index (χ2v) is 4.16. The Kier molecular flexibility index (Phi) is 6.67. The zero-order valence-electron chi connectivity index (χ0n) is 6.73. The van der Waals surface area contributed by atoms with Crippen LogP contribution in [0.2, 0.25) is 0 Å². The van der Waals surface area contributed by atoms with Crippen LogP contribution >= 0.6 is 0 Å². The van der Waals surface area contributed by atoms with Gasteiger partial charge in [0, 0.05) is 0 Å². The van der Waals surface area contributed by atoms with Gasteiger partial charge in [-0.25, -0.2) is 0 Å². The molecular weight excluding hydrogens is 303 g/mol. The molecule has 0 N–H and O–H groups in total. The summed E-state index contributed by atoms with van der Waals surface area (Å²) >= 11 is -11.7. The van der Waals surface area contributed by atoms with E-state index in [1.54, 1.807) is 0 Å². The summed E-state index contributed by atoms with van der Waals surface area (Å²) in [5.41, 5.74) is 0. The van der Waals surface area contributed by atoms with Crippen molar-refractivity contribution in [3.8, 4) is 0 Å². The van der Waals surface area contributed by atoms with Crippen molar-refractivity contribution in [2.24, 2.45) is 0 Å². The Balaban J connectivity index is 5.12. The molecule has 0 spiro atoms. The first-order valence-electron chi connectivity index (χ1n) is 2.83. The minimum Gasteiger partial charge on any atom is -0.758 e. The number of nitrogens with zero attached hydrogens (tertiary/aromatic N) is 3. The van der Waals surface area contributed by atoms with Crippen LogP contribution in [0.3, 0.4) is 0 Å². The van der Waals surface area contributed by atoms with Crippen molar-refractivity contribution in [1.29, 1.82) is 0 Å². The van der Waals surface area contributed by atoms with E-state index in [0.717, 1.165) is 0 Å². The van der Waals surface area contributed by atoms with Crippen molar-refractivity contribution in [1.82, 2.24) is 13.6 Å². The average molecular weight is 304 g/mol. The lowest BCUT2D eigenvalue weighted by Crippen LogP contribution is -2.51. The molecule has 0 aliphatic carbocycles. The maximum absolute atomic E-state index is 12.5. The van der Waals surface area contributed by atoms with Crippen molar-refractivity contribution in [2.45, 2.75) is 6.29 Å². The van der Waals surface area contributed by atoms with E-state index in [2.05, 4.69) is 0 Å². The van der Waals surface area contributed by atoms with Gasteiger partial charge in [0.15, 0.2) is 0 Å². The zero-order chi connectivity index (χ0) is 13.0. The zero-order valence-corrected chi connectivity index (χ0v) is 9.18. The van der Waals surface area contributed by atoms with Crippen molar-refractivity contribution in [2.75, 3.05) is 0 Å². The summed E-state index contributed by atoms with van der Waals surface area (Å²) in [5, 5.41) is 0. The average Bonchev–Trinajstić information content (AvgIpc) is 2.16. The van der Waals surface area contributed by atoms with Gasteiger partial charge < -0.3 is 13.7 Å². The summed E-state index contributed by atoms with van der Waals surface area (Å²) in [5.74, 6) is 0. The summed E-state index contributed by atoms with van der Waals surface area (Å²) < 4.78 is 92.2. The fourth-order valence-electron chi connectivity index (χ4n) is 0.445. The molecule has 0 aliphatic heterocycles. The summed E-state index contributed by atoms with van der Waals surface area (Å²) in [4.78, 5) is 0. The van der Waals surface area contributed by atoms with Gasteiger partial charge in [-0.15, -0.1) is 13.4 Å². The van der Waals surface area contributed by atoms with Crippen LogP contribution in [0.1, 0.15) is 0 Å². The predicted octanol–water partition coefficient (Wildman–Crippen LogP) is -1.79. The molecule has 0 radical (unpaired) electrons. The Morgan fingerprint density at radius 1 is 0.750 bits per heavy atom. The maximum atomic E-state index is 12.5. The molecule has 98 valence electrons. The summed E-state index contributed by atoms with van der Waals surface area (Å²) in [6, 6.07) is 0. The molecular formula is CHF3N3O6S3-3. The minimum atomic E-state index is -3.91. The molecule has 0 aromatic rings. The van der Waals surface area contributed by atoms with Crippen LogP contribution in [0.5, 0.6) is 0 Å². The fraction of sp³-hybridized carbons (Fsp3) is 1.00. The van der Waals surface area contributed by atoms with Gasteiger partial charge in [-0.3, -0.25) is 12.6 Å². The highest BCUT2D eigenvalue weighted by Crippen LogP contribution is 2.17. The molecule has 16 heavy (non-hydrogen) atoms. The predicted molar refractivity (Wildman–Crippen MR) is 39.4 cm³/mol. The van der Waals surface area contributed by atoms with Gasteiger partial charge in [-0.2, -0.15) is 0 Å². The Morgan fingerprint density at radius 2 is 0.938 bits per heavy atom. The maximum Gasteiger partial charge on any atom is 0.238 e. The lowest BCUT2D eigenvalue weighted by atomic mass is 11.0. The van der Waals surface area contributed by atoms with Crippen molar-refractivity contribution in [3.63, 3.8) is 0 Å². The fourth-order valence-corrected chi connectivity index (χ4v) is 1.58. The lowest BCUT2D eigenvalue weighted by Gasteiger charge is -2.32. The standard InChI is InChI=1S/CH4F3N3O6S3/c2-5(14(8)9)1(6(3)15(10)11)7(4)16(12)13/h1H,(H,8,9)(H,10,11)(H,12,13)/p-3. The Bertz CT molecular complexity index is 269. The van der Waals surface area contributed by atoms with Gasteiger partial charge in [-0.1, -0.05) is 0 Å². The molecule has 3 atom stereocenters. The van der Waals surface area contributed by atoms with E-state index in [1.165, 1.54) is 0 Å². The number of hydrogen-bond donors (Lipinski definition) is 0. The smallest absolute Gasteiger partial charge is 0.238 e. The normalized spacial score (nSPS) is 20.1. The second kappa shape index (κ2) is 6.67. The third kappa shape index (κ3) is 4.11. The monoisotopic (exact) mass is 304 g/mol. The minimum absolute atomic E-state index is 1.70. The number of hydrogen-bond acceptors (Lipinski definition) is 6. The van der Waals surface area contributed by atoms with Crippen LogP contribution in [0, 0.1) is 0 Å². The molecule has 0 saturated heterocycles. The van der Waals surface area contributed by atoms with Gasteiger partial charge in [-0.05, 0) is 13.6 Å². The van der Waals surface area contributed by atoms with E-state index in [9.17, 15) is 39.7 Å². The van der Waals surface area contributed by atoms with Crippen LogP contribution in [0.25, 0.3) is 0 Å². The SMILES string of the molecule is O=S([O-])N(F)C(N(F)S(=O)[O-])N(F)S(=O)[O-]. The van der Waals surface area contributed by atoms with Gasteiger partial charge in [0.2, 0.25) is 6.29 Å². The molecule has 3 unspecified atom stereocenters. The molecule has 0 aromatic heterocycles. The first kappa shape index (κ1) is 16.0. The molecule has 0 aromatic carbocycles. The van der Waals surface area contributed by atoms with Gasteiger partial charge >= 0.3 is 0 Å². The molecule has 0 heterocycles. The Labute approximate surface area is 93.9 Å². The van der Waals surface area contributed by atoms with E-state index in [-0.39, 0.29) is 0 Å². The van der Waals surface area contributed by atoms with Crippen LogP contribution in [-0.2, 0) is 33.8 Å². The molecule has 0 saturated carbocycles. The van der Waals surface area contributed by atoms with Crippen LogP contribution < -0.4 is 0 Å². The Hall–Kier alpha value is -0.000000000000000132. The molecule has 0 fully saturated rings. The van der Waals surface area contributed by atoms with Crippen molar-refractivity contribution < 1.29 is 39.7 Å². The van der Waals surface area contributed by atoms with Gasteiger partial charge in [0.1, 0.15) is 0 Å². The van der Waals surface area contributed by atoms with Crippen LogP contribution in [0.15, 0.2) is 0 Å². The number of halogens is 3. The quantitative estimate of drug-likeness (QED) is 0.323. The molecule has 0 aliphatic rings. The van der Waals surface area contributed by atoms with E-state index in [4.69, 9.17) is 0 Å². The second-order valence-electron chi connectivity index (χ2n) is 1.81. The van der Waals surface area contributed by atoms with Crippen LogP contribution in [0.4, 0.5) is 13.4 Å². The van der Waals surface area contributed by atoms with Gasteiger partial charge in [0.05, 0.1) is 33.8 Å². The highest BCUT2D eigenvalue weighted by molar-refractivity contribution is 7.78. The first-order valence-corrected chi connectivity index (χ1v) is 5.92. The largest absolute Gasteiger partial charge is 0.758 e. The van der Waals surface area contributed by atoms with Crippen molar-refractivity contribution in [3.05, 3.63) is 0 Å². The first-order chi connectivity index (χ1) is 7.20. The highest BCUT2D eigenvalue weighted by Gasteiger charge is 2.36. The van der Waals surface area contributed by atoms with E-state index >= 15 is 0 Å². The molecule has 0 bridgehead atoms. The van der Waals surface area contributed by atoms with Gasteiger partial charge in [0.25, 0.3) is 0 Å². The third-order valence-electron chi connectivity index (χ3n) is 0.972. The van der Waals surface area contributed by atoms with E-state index in [0.29, 0.717) is 0 Å². The molecule has 0 amide bonds. The summed E-state index contributed by atoms with van der Waals surface area (Å²) in [6.07, 6.45) is -3.48. The third-order valence-corrected chi connectivity index (χ3v) is 2.39. The molecule has 15 heteroatoms. The highest BCUT2D eigenvalue weighted by atomic mass is 32.2. The van der Waals surface area contributed by atoms with Crippen molar-refractivity contribution >= 4 is 33.8 Å². The van der Waals surface area contributed by atoms with E-state index < -0.39 is 53.7 Å². The summed E-state index contributed by atoms with van der Waals surface area (Å²) in [6.45, 7) is 0.